The van der Waals surface area contributed by atoms with Crippen molar-refractivity contribution < 1.29 is 9.84 Å². The molecule has 1 atom stereocenters. The van der Waals surface area contributed by atoms with Gasteiger partial charge in [-0.3, -0.25) is 0 Å². The zero-order valence-electron chi connectivity index (χ0n) is 10.4. The van der Waals surface area contributed by atoms with Crippen molar-refractivity contribution in [2.45, 2.75) is 39.2 Å². The van der Waals surface area contributed by atoms with Gasteiger partial charge in [0.15, 0.2) is 0 Å². The molecule has 2 rings (SSSR count). The maximum Gasteiger partial charge on any atom is 0.143 e. The molecule has 1 fully saturated rings. The van der Waals surface area contributed by atoms with Crippen molar-refractivity contribution >= 4 is 11.6 Å². The number of aliphatic hydroxyl groups is 1. The maximum atomic E-state index is 9.75. The van der Waals surface area contributed by atoms with Crippen molar-refractivity contribution in [1.29, 1.82) is 0 Å². The summed E-state index contributed by atoms with van der Waals surface area (Å²) in [5, 5.41) is 10.3. The predicted octanol–water partition coefficient (Wildman–Crippen LogP) is 3.88. The van der Waals surface area contributed by atoms with Gasteiger partial charge in [0.25, 0.3) is 0 Å². The third-order valence-electron chi connectivity index (χ3n) is 3.35. The van der Waals surface area contributed by atoms with Crippen LogP contribution in [-0.2, 0) is 0 Å². The minimum Gasteiger partial charge on any atom is -0.491 e. The normalized spacial score (nSPS) is 17.6. The molecular formula is C14H19ClO2. The number of halogens is 1. The van der Waals surface area contributed by atoms with Crippen LogP contribution in [0.25, 0.3) is 0 Å². The van der Waals surface area contributed by atoms with Gasteiger partial charge in [-0.05, 0) is 50.3 Å². The minimum atomic E-state index is -0.552. The Labute approximate surface area is 108 Å². The fourth-order valence-electron chi connectivity index (χ4n) is 2.08. The number of hydrogen-bond acceptors (Lipinski definition) is 2. The van der Waals surface area contributed by atoms with Gasteiger partial charge in [0.2, 0.25) is 0 Å². The Kier molecular flexibility index (Phi) is 3.95. The van der Waals surface area contributed by atoms with E-state index >= 15 is 0 Å². The lowest BCUT2D eigenvalue weighted by atomic mass is 9.86. The average Bonchev–Trinajstić information content (AvgIpc) is 2.17. The molecule has 1 N–H and O–H groups in total. The third kappa shape index (κ3) is 2.93. The number of benzene rings is 1. The second kappa shape index (κ2) is 5.28. The fraction of sp³-hybridized carbons (Fsp3) is 0.571. The van der Waals surface area contributed by atoms with E-state index in [1.54, 1.807) is 6.92 Å². The van der Waals surface area contributed by atoms with E-state index in [1.165, 1.54) is 19.3 Å². The summed E-state index contributed by atoms with van der Waals surface area (Å²) in [7, 11) is 0. The Hall–Kier alpha value is -0.730. The van der Waals surface area contributed by atoms with Gasteiger partial charge in [0, 0.05) is 5.56 Å². The van der Waals surface area contributed by atoms with Crippen LogP contribution in [-0.4, -0.2) is 11.7 Å². The summed E-state index contributed by atoms with van der Waals surface area (Å²) in [6, 6.07) is 3.82. The van der Waals surface area contributed by atoms with Crippen molar-refractivity contribution in [1.82, 2.24) is 0 Å². The molecule has 2 nitrogen and oxygen atoms in total. The van der Waals surface area contributed by atoms with E-state index in [4.69, 9.17) is 16.3 Å². The van der Waals surface area contributed by atoms with Gasteiger partial charge in [-0.15, -0.1) is 0 Å². The molecule has 0 bridgehead atoms. The molecule has 1 saturated carbocycles. The van der Waals surface area contributed by atoms with E-state index in [0.717, 1.165) is 11.1 Å². The SMILES string of the molecule is Cc1cc(Cl)c(OCC2CCC2)c(C(C)O)c1. The van der Waals surface area contributed by atoms with E-state index in [2.05, 4.69) is 0 Å². The van der Waals surface area contributed by atoms with Crippen molar-refractivity contribution in [2.24, 2.45) is 5.92 Å². The molecular weight excluding hydrogens is 236 g/mol. The summed E-state index contributed by atoms with van der Waals surface area (Å²) < 4.78 is 5.80. The Balaban J connectivity index is 2.17. The largest absolute Gasteiger partial charge is 0.491 e. The summed E-state index contributed by atoms with van der Waals surface area (Å²) in [6.45, 7) is 4.41. The van der Waals surface area contributed by atoms with Crippen LogP contribution in [0.2, 0.25) is 5.02 Å². The number of ether oxygens (including phenoxy) is 1. The van der Waals surface area contributed by atoms with Crippen molar-refractivity contribution in [3.63, 3.8) is 0 Å². The molecule has 1 aromatic carbocycles. The van der Waals surface area contributed by atoms with E-state index in [9.17, 15) is 5.11 Å². The molecule has 0 aliphatic heterocycles. The van der Waals surface area contributed by atoms with Crippen LogP contribution in [0.4, 0.5) is 0 Å². The zero-order chi connectivity index (χ0) is 12.4. The highest BCUT2D eigenvalue weighted by Gasteiger charge is 2.20. The first-order valence-electron chi connectivity index (χ1n) is 6.19. The van der Waals surface area contributed by atoms with Crippen LogP contribution in [0.5, 0.6) is 5.75 Å². The topological polar surface area (TPSA) is 29.5 Å². The zero-order valence-corrected chi connectivity index (χ0v) is 11.1. The van der Waals surface area contributed by atoms with Crippen molar-refractivity contribution in [3.05, 3.63) is 28.3 Å². The molecule has 1 aliphatic rings. The molecule has 0 amide bonds. The van der Waals surface area contributed by atoms with Crippen LogP contribution in [0.1, 0.15) is 43.4 Å². The fourth-order valence-corrected chi connectivity index (χ4v) is 2.41. The molecule has 1 aromatic rings. The Morgan fingerprint density at radius 3 is 2.71 bits per heavy atom. The van der Waals surface area contributed by atoms with Crippen LogP contribution in [0.3, 0.4) is 0 Å². The number of rotatable bonds is 4. The van der Waals surface area contributed by atoms with Gasteiger partial charge in [-0.2, -0.15) is 0 Å². The van der Waals surface area contributed by atoms with E-state index < -0.39 is 6.10 Å². The molecule has 1 unspecified atom stereocenters. The lowest BCUT2D eigenvalue weighted by Crippen LogP contribution is -2.20. The monoisotopic (exact) mass is 254 g/mol. The van der Waals surface area contributed by atoms with Crippen molar-refractivity contribution in [3.8, 4) is 5.75 Å². The van der Waals surface area contributed by atoms with Gasteiger partial charge < -0.3 is 9.84 Å². The second-order valence-corrected chi connectivity index (χ2v) is 5.36. The number of aliphatic hydroxyl groups excluding tert-OH is 1. The predicted molar refractivity (Wildman–Crippen MR) is 69.7 cm³/mol. The van der Waals surface area contributed by atoms with Gasteiger partial charge in [-0.1, -0.05) is 18.0 Å². The number of hydrogen-bond donors (Lipinski definition) is 1. The first-order valence-corrected chi connectivity index (χ1v) is 6.56. The highest BCUT2D eigenvalue weighted by molar-refractivity contribution is 6.32. The standard InChI is InChI=1S/C14H19ClO2/c1-9-6-12(10(2)16)14(13(15)7-9)17-8-11-4-3-5-11/h6-7,10-11,16H,3-5,8H2,1-2H3. The maximum absolute atomic E-state index is 9.75. The van der Waals surface area contributed by atoms with Crippen LogP contribution >= 0.6 is 11.6 Å². The Bertz CT molecular complexity index is 397. The molecule has 0 spiro atoms. The summed E-state index contributed by atoms with van der Waals surface area (Å²) in [6.07, 6.45) is 3.24. The quantitative estimate of drug-likeness (QED) is 0.884. The summed E-state index contributed by atoms with van der Waals surface area (Å²) in [5.41, 5.74) is 1.83. The van der Waals surface area contributed by atoms with Gasteiger partial charge in [0.1, 0.15) is 5.75 Å². The van der Waals surface area contributed by atoms with E-state index in [1.807, 2.05) is 19.1 Å². The average molecular weight is 255 g/mol. The van der Waals surface area contributed by atoms with E-state index in [0.29, 0.717) is 23.3 Å². The Morgan fingerprint density at radius 2 is 2.18 bits per heavy atom. The van der Waals surface area contributed by atoms with Crippen LogP contribution in [0, 0.1) is 12.8 Å². The number of aryl methyl sites for hydroxylation is 1. The first kappa shape index (κ1) is 12.7. The summed E-state index contributed by atoms with van der Waals surface area (Å²) in [5.74, 6) is 1.31. The lowest BCUT2D eigenvalue weighted by Gasteiger charge is -2.26. The molecule has 17 heavy (non-hydrogen) atoms. The van der Waals surface area contributed by atoms with Crippen LogP contribution in [0.15, 0.2) is 12.1 Å². The molecule has 0 saturated heterocycles. The van der Waals surface area contributed by atoms with Gasteiger partial charge in [0.05, 0.1) is 17.7 Å². The molecule has 0 radical (unpaired) electrons. The Morgan fingerprint density at radius 1 is 1.47 bits per heavy atom. The second-order valence-electron chi connectivity index (χ2n) is 4.95. The third-order valence-corrected chi connectivity index (χ3v) is 3.64. The smallest absolute Gasteiger partial charge is 0.143 e. The molecule has 0 aromatic heterocycles. The summed E-state index contributed by atoms with van der Waals surface area (Å²) in [4.78, 5) is 0. The molecule has 3 heteroatoms. The van der Waals surface area contributed by atoms with Crippen molar-refractivity contribution in [2.75, 3.05) is 6.61 Å². The molecule has 0 heterocycles. The summed E-state index contributed by atoms with van der Waals surface area (Å²) >= 11 is 6.19. The lowest BCUT2D eigenvalue weighted by molar-refractivity contribution is 0.164. The molecule has 1 aliphatic carbocycles. The van der Waals surface area contributed by atoms with Gasteiger partial charge in [-0.25, -0.2) is 0 Å². The van der Waals surface area contributed by atoms with Gasteiger partial charge >= 0.3 is 0 Å². The minimum absolute atomic E-state index is 0.552. The highest BCUT2D eigenvalue weighted by atomic mass is 35.5. The van der Waals surface area contributed by atoms with Crippen LogP contribution < -0.4 is 4.74 Å². The molecule has 94 valence electrons. The first-order chi connectivity index (χ1) is 8.08. The van der Waals surface area contributed by atoms with E-state index in [-0.39, 0.29) is 0 Å². The highest BCUT2D eigenvalue weighted by Crippen LogP contribution is 2.36.